The molecule has 1 saturated carbocycles. The molecule has 1 N–H and O–H groups in total. The van der Waals surface area contributed by atoms with E-state index in [1.807, 2.05) is 32.9 Å². The molecule has 0 bridgehead atoms. The summed E-state index contributed by atoms with van der Waals surface area (Å²) in [5.41, 5.74) is 0.474. The summed E-state index contributed by atoms with van der Waals surface area (Å²) < 4.78 is 5.20. The van der Waals surface area contributed by atoms with Crippen LogP contribution in [-0.2, 0) is 16.0 Å². The number of ether oxygens (including phenoxy) is 1. The average molecular weight is 365 g/mol. The molecule has 27 heavy (non-hydrogen) atoms. The number of esters is 1. The van der Waals surface area contributed by atoms with Crippen molar-refractivity contribution in [3.63, 3.8) is 0 Å². The number of aliphatic hydroxyl groups excluding tert-OH is 1. The Bertz CT molecular complexity index is 870. The molecule has 0 radical (unpaired) electrons. The molecule has 1 aromatic carbocycles. The standard InChI is InChI=1S/C21H23N3O3/c1-20(2)18(4-5-21(20,3)19(26)27-7-6-25)10-14-8-16(12-23)17(13-24)9-15(14)11-22/h8-9,18,25H,4-7,10H2,1-3H3/t18-,21+/m0/s1. The minimum atomic E-state index is -0.690. The highest BCUT2D eigenvalue weighted by Gasteiger charge is 2.56. The van der Waals surface area contributed by atoms with Gasteiger partial charge in [0.1, 0.15) is 18.7 Å². The lowest BCUT2D eigenvalue weighted by molar-refractivity contribution is -0.162. The van der Waals surface area contributed by atoms with Crippen LogP contribution in [0.25, 0.3) is 0 Å². The number of carbonyl (C=O) groups excluding carboxylic acids is 1. The van der Waals surface area contributed by atoms with Crippen molar-refractivity contribution in [2.24, 2.45) is 16.7 Å². The summed E-state index contributed by atoms with van der Waals surface area (Å²) in [5, 5.41) is 36.8. The number of hydrogen-bond acceptors (Lipinski definition) is 6. The number of rotatable bonds is 5. The highest BCUT2D eigenvalue weighted by Crippen LogP contribution is 2.57. The van der Waals surface area contributed by atoms with Gasteiger partial charge < -0.3 is 9.84 Å². The van der Waals surface area contributed by atoms with Gasteiger partial charge in [-0.15, -0.1) is 0 Å². The predicted molar refractivity (Wildman–Crippen MR) is 96.9 cm³/mol. The first-order chi connectivity index (χ1) is 12.7. The molecular weight excluding hydrogens is 342 g/mol. The molecular formula is C21H23N3O3. The van der Waals surface area contributed by atoms with Gasteiger partial charge >= 0.3 is 5.97 Å². The second-order valence-electron chi connectivity index (χ2n) is 7.74. The van der Waals surface area contributed by atoms with Crippen molar-refractivity contribution in [2.45, 2.75) is 40.0 Å². The van der Waals surface area contributed by atoms with Crippen LogP contribution < -0.4 is 0 Å². The molecule has 1 fully saturated rings. The van der Waals surface area contributed by atoms with E-state index in [9.17, 15) is 15.3 Å². The van der Waals surface area contributed by atoms with Crippen molar-refractivity contribution in [2.75, 3.05) is 13.2 Å². The molecule has 0 unspecified atom stereocenters. The Morgan fingerprint density at radius 1 is 1.15 bits per heavy atom. The zero-order chi connectivity index (χ0) is 20.2. The third-order valence-corrected chi connectivity index (χ3v) is 6.28. The Balaban J connectivity index is 2.34. The molecule has 1 aliphatic rings. The van der Waals surface area contributed by atoms with Crippen LogP contribution in [0, 0.1) is 50.7 Å². The molecule has 0 saturated heterocycles. The van der Waals surface area contributed by atoms with Gasteiger partial charge in [0.15, 0.2) is 0 Å². The summed E-state index contributed by atoms with van der Waals surface area (Å²) >= 11 is 0. The Morgan fingerprint density at radius 2 is 1.74 bits per heavy atom. The third kappa shape index (κ3) is 3.52. The fraction of sp³-hybridized carbons (Fsp3) is 0.524. The van der Waals surface area contributed by atoms with Crippen molar-refractivity contribution >= 4 is 5.97 Å². The van der Waals surface area contributed by atoms with E-state index in [-0.39, 0.29) is 36.2 Å². The van der Waals surface area contributed by atoms with Gasteiger partial charge in [-0.25, -0.2) is 0 Å². The van der Waals surface area contributed by atoms with E-state index < -0.39 is 10.8 Å². The lowest BCUT2D eigenvalue weighted by atomic mass is 9.64. The van der Waals surface area contributed by atoms with Crippen LogP contribution in [0.3, 0.4) is 0 Å². The second-order valence-corrected chi connectivity index (χ2v) is 7.74. The van der Waals surface area contributed by atoms with Gasteiger partial charge in [-0.2, -0.15) is 15.8 Å². The van der Waals surface area contributed by atoms with E-state index >= 15 is 0 Å². The lowest BCUT2D eigenvalue weighted by Crippen LogP contribution is -2.42. The lowest BCUT2D eigenvalue weighted by Gasteiger charge is -2.40. The quantitative estimate of drug-likeness (QED) is 0.802. The smallest absolute Gasteiger partial charge is 0.312 e. The minimum Gasteiger partial charge on any atom is -0.463 e. The summed E-state index contributed by atoms with van der Waals surface area (Å²) in [7, 11) is 0. The Labute approximate surface area is 159 Å². The van der Waals surface area contributed by atoms with E-state index in [2.05, 4.69) is 6.07 Å². The normalized spacial score (nSPS) is 23.1. The maximum atomic E-state index is 12.6. The zero-order valence-electron chi connectivity index (χ0n) is 15.9. The zero-order valence-corrected chi connectivity index (χ0v) is 15.9. The van der Waals surface area contributed by atoms with Crippen molar-refractivity contribution in [3.8, 4) is 18.2 Å². The van der Waals surface area contributed by atoms with E-state index in [1.165, 1.54) is 6.07 Å². The maximum Gasteiger partial charge on any atom is 0.312 e. The van der Waals surface area contributed by atoms with Crippen molar-refractivity contribution in [1.82, 2.24) is 0 Å². The molecule has 1 aromatic rings. The van der Waals surface area contributed by atoms with Gasteiger partial charge in [-0.1, -0.05) is 13.8 Å². The van der Waals surface area contributed by atoms with Crippen molar-refractivity contribution in [1.29, 1.82) is 15.8 Å². The fourth-order valence-electron chi connectivity index (χ4n) is 3.98. The van der Waals surface area contributed by atoms with Crippen LogP contribution in [0.15, 0.2) is 12.1 Å². The average Bonchev–Trinajstić information content (AvgIpc) is 2.89. The Morgan fingerprint density at radius 3 is 2.30 bits per heavy atom. The highest BCUT2D eigenvalue weighted by molar-refractivity contribution is 5.78. The van der Waals surface area contributed by atoms with Crippen LogP contribution >= 0.6 is 0 Å². The first kappa shape index (κ1) is 20.4. The molecule has 6 heteroatoms. The third-order valence-electron chi connectivity index (χ3n) is 6.28. The van der Waals surface area contributed by atoms with Gasteiger partial charge in [0.25, 0.3) is 0 Å². The first-order valence-corrected chi connectivity index (χ1v) is 8.90. The van der Waals surface area contributed by atoms with Crippen molar-refractivity contribution in [3.05, 3.63) is 34.4 Å². The molecule has 0 aliphatic heterocycles. The summed E-state index contributed by atoms with van der Waals surface area (Å²) in [5.74, 6) is -0.210. The minimum absolute atomic E-state index is 0.0189. The van der Waals surface area contributed by atoms with E-state index in [1.54, 1.807) is 6.07 Å². The SMILES string of the molecule is CC1(C)[C@H](Cc2cc(C#N)c(C#N)cc2C#N)CC[C@]1(C)C(=O)OCCO. The number of nitriles is 3. The van der Waals surface area contributed by atoms with Gasteiger partial charge in [-0.3, -0.25) is 4.79 Å². The summed E-state index contributed by atoms with van der Waals surface area (Å²) in [6.07, 6.45) is 1.97. The van der Waals surface area contributed by atoms with Crippen LogP contribution in [-0.4, -0.2) is 24.3 Å². The van der Waals surface area contributed by atoms with E-state index in [0.717, 1.165) is 12.0 Å². The van der Waals surface area contributed by atoms with Gasteiger partial charge in [0.2, 0.25) is 0 Å². The van der Waals surface area contributed by atoms with Gasteiger partial charge in [0, 0.05) is 0 Å². The summed E-state index contributed by atoms with van der Waals surface area (Å²) in [4.78, 5) is 12.6. The number of hydrogen-bond donors (Lipinski definition) is 1. The molecule has 6 nitrogen and oxygen atoms in total. The molecule has 0 amide bonds. The molecule has 140 valence electrons. The first-order valence-electron chi connectivity index (χ1n) is 8.90. The number of carbonyl (C=O) groups is 1. The molecule has 2 atom stereocenters. The van der Waals surface area contributed by atoms with Crippen LogP contribution in [0.5, 0.6) is 0 Å². The van der Waals surface area contributed by atoms with Crippen LogP contribution in [0.4, 0.5) is 0 Å². The Hall–Kier alpha value is -2.88. The predicted octanol–water partition coefficient (Wildman–Crippen LogP) is 2.82. The largest absolute Gasteiger partial charge is 0.463 e. The van der Waals surface area contributed by atoms with Gasteiger partial charge in [-0.05, 0) is 55.2 Å². The second kappa shape index (κ2) is 7.78. The maximum absolute atomic E-state index is 12.6. The van der Waals surface area contributed by atoms with Crippen LogP contribution in [0.1, 0.15) is 55.9 Å². The van der Waals surface area contributed by atoms with E-state index in [4.69, 9.17) is 15.1 Å². The van der Waals surface area contributed by atoms with Gasteiger partial charge in [0.05, 0.1) is 34.8 Å². The molecule has 0 heterocycles. The summed E-state index contributed by atoms with van der Waals surface area (Å²) in [6.45, 7) is 5.70. The monoisotopic (exact) mass is 365 g/mol. The van der Waals surface area contributed by atoms with Crippen molar-refractivity contribution < 1.29 is 14.6 Å². The molecule has 0 spiro atoms. The number of benzene rings is 1. The van der Waals surface area contributed by atoms with Crippen LogP contribution in [0.2, 0.25) is 0 Å². The molecule has 2 rings (SSSR count). The Kier molecular flexibility index (Phi) is 5.89. The molecule has 1 aliphatic carbocycles. The number of aliphatic hydroxyl groups is 1. The number of nitrogens with zero attached hydrogens (tertiary/aromatic N) is 3. The fourth-order valence-corrected chi connectivity index (χ4v) is 3.98. The molecule has 0 aromatic heterocycles. The highest BCUT2D eigenvalue weighted by atomic mass is 16.5. The topological polar surface area (TPSA) is 118 Å². The summed E-state index contributed by atoms with van der Waals surface area (Å²) in [6, 6.07) is 9.16. The van der Waals surface area contributed by atoms with E-state index in [0.29, 0.717) is 18.4 Å².